The van der Waals surface area contributed by atoms with Crippen LogP contribution in [0.25, 0.3) is 23.1 Å². The van der Waals surface area contributed by atoms with E-state index in [-0.39, 0.29) is 46.6 Å². The molecule has 0 unspecified atom stereocenters. The molecule has 0 spiro atoms. The third-order valence-corrected chi connectivity index (χ3v) is 9.75. The normalized spacial score (nSPS) is 14.4. The van der Waals surface area contributed by atoms with E-state index in [2.05, 4.69) is 36.4 Å². The molecular weight excluding hydrogens is 597 g/mol. The molecule has 5 rings (SSSR count). The molecule has 44 heavy (non-hydrogen) atoms. The number of thioether (sulfide) groups is 1. The zero-order chi connectivity index (χ0) is 31.0. The Kier molecular flexibility index (Phi) is 13.6. The van der Waals surface area contributed by atoms with Crippen molar-refractivity contribution in [1.82, 2.24) is 4.98 Å². The Labute approximate surface area is 293 Å². The van der Waals surface area contributed by atoms with E-state index in [1.54, 1.807) is 0 Å². The summed E-state index contributed by atoms with van der Waals surface area (Å²) in [5, 5.41) is 24.0. The molecule has 3 aromatic carbocycles. The first-order chi connectivity index (χ1) is 20.6. The summed E-state index contributed by atoms with van der Waals surface area (Å²) in [6.07, 6.45) is 7.78. The van der Waals surface area contributed by atoms with E-state index in [4.69, 9.17) is 16.6 Å². The van der Waals surface area contributed by atoms with Gasteiger partial charge in [0, 0.05) is 21.6 Å². The Morgan fingerprint density at radius 3 is 2.48 bits per heavy atom. The van der Waals surface area contributed by atoms with E-state index in [0.717, 1.165) is 64.7 Å². The van der Waals surface area contributed by atoms with Crippen molar-refractivity contribution in [2.45, 2.75) is 70.7 Å². The number of aromatic nitrogens is 1. The number of pyridine rings is 1. The van der Waals surface area contributed by atoms with E-state index in [0.29, 0.717) is 5.02 Å². The molecule has 0 saturated heterocycles. The Morgan fingerprint density at radius 1 is 1.05 bits per heavy atom. The molecule has 1 aliphatic rings. The van der Waals surface area contributed by atoms with Gasteiger partial charge < -0.3 is 15.0 Å². The van der Waals surface area contributed by atoms with Crippen LogP contribution in [0.5, 0.6) is 0 Å². The van der Waals surface area contributed by atoms with Gasteiger partial charge in [0.1, 0.15) is 0 Å². The van der Waals surface area contributed by atoms with Crippen molar-refractivity contribution in [3.05, 3.63) is 112 Å². The SMILES string of the molecule is CC.CC(C)(O)c1ccccc1CC[C@@H](SCC1(CC(=O)[O-])CC1)c1cccc(/C=C/c2ccc3ccc(Cl)cc3n2)c1.[Na+]. The maximum absolute atomic E-state index is 11.4. The first-order valence-corrected chi connectivity index (χ1v) is 16.5. The Balaban J connectivity index is 0.00000173. The number of nitrogens with zero attached hydrogens (tertiary/aromatic N) is 1. The van der Waals surface area contributed by atoms with Gasteiger partial charge in [-0.3, -0.25) is 0 Å². The van der Waals surface area contributed by atoms with Crippen molar-refractivity contribution in [2.24, 2.45) is 5.41 Å². The fourth-order valence-corrected chi connectivity index (χ4v) is 7.08. The molecule has 226 valence electrons. The fourth-order valence-electron chi connectivity index (χ4n) is 5.34. The molecule has 0 amide bonds. The number of carbonyl (C=O) groups is 1. The number of aliphatic hydroxyl groups is 1. The van der Waals surface area contributed by atoms with Crippen molar-refractivity contribution < 1.29 is 44.6 Å². The van der Waals surface area contributed by atoms with Crippen molar-refractivity contribution in [3.63, 3.8) is 0 Å². The minimum Gasteiger partial charge on any atom is -0.550 e. The summed E-state index contributed by atoms with van der Waals surface area (Å²) in [5.74, 6) is -0.168. The number of fused-ring (bicyclic) bond motifs is 1. The summed E-state index contributed by atoms with van der Waals surface area (Å²) in [7, 11) is 0. The van der Waals surface area contributed by atoms with Crippen LogP contribution in [0.4, 0.5) is 0 Å². The topological polar surface area (TPSA) is 73.2 Å². The van der Waals surface area contributed by atoms with Crippen molar-refractivity contribution in [3.8, 4) is 0 Å². The Morgan fingerprint density at radius 2 is 1.77 bits per heavy atom. The maximum atomic E-state index is 11.4. The summed E-state index contributed by atoms with van der Waals surface area (Å²) in [6, 6.07) is 26.4. The molecule has 7 heteroatoms. The van der Waals surface area contributed by atoms with Gasteiger partial charge in [-0.2, -0.15) is 11.8 Å². The van der Waals surface area contributed by atoms with Gasteiger partial charge in [0.2, 0.25) is 0 Å². The van der Waals surface area contributed by atoms with E-state index in [1.165, 1.54) is 5.56 Å². The predicted molar refractivity (Wildman–Crippen MR) is 180 cm³/mol. The summed E-state index contributed by atoms with van der Waals surface area (Å²) < 4.78 is 0. The van der Waals surface area contributed by atoms with E-state index in [9.17, 15) is 15.0 Å². The molecule has 1 N–H and O–H groups in total. The average Bonchev–Trinajstić information content (AvgIpc) is 3.75. The van der Waals surface area contributed by atoms with Gasteiger partial charge in [-0.1, -0.05) is 92.2 Å². The molecule has 1 aliphatic carbocycles. The van der Waals surface area contributed by atoms with Crippen LogP contribution in [0, 0.1) is 5.41 Å². The fraction of sp³-hybridized carbons (Fsp3) is 0.351. The number of hydrogen-bond acceptors (Lipinski definition) is 5. The number of halogens is 1. The summed E-state index contributed by atoms with van der Waals surface area (Å²) >= 11 is 8.01. The van der Waals surface area contributed by atoms with Crippen LogP contribution in [-0.2, 0) is 16.8 Å². The number of benzene rings is 3. The Bertz CT molecular complexity index is 1580. The zero-order valence-corrected chi connectivity index (χ0v) is 30.0. The third kappa shape index (κ3) is 10.2. The van der Waals surface area contributed by atoms with Crippen LogP contribution in [0.2, 0.25) is 5.02 Å². The van der Waals surface area contributed by atoms with Gasteiger partial charge >= 0.3 is 29.6 Å². The smallest absolute Gasteiger partial charge is 0.550 e. The second kappa shape index (κ2) is 16.4. The first-order valence-electron chi connectivity index (χ1n) is 15.1. The van der Waals surface area contributed by atoms with Crippen LogP contribution in [0.3, 0.4) is 0 Å². The van der Waals surface area contributed by atoms with Gasteiger partial charge in [-0.15, -0.1) is 0 Å². The van der Waals surface area contributed by atoms with E-state index < -0.39 is 11.6 Å². The number of aliphatic carboxylic acids is 1. The molecule has 1 heterocycles. The third-order valence-electron chi connectivity index (χ3n) is 7.82. The monoisotopic (exact) mass is 637 g/mol. The van der Waals surface area contributed by atoms with Gasteiger partial charge in [-0.05, 0) is 104 Å². The quantitative estimate of drug-likeness (QED) is 0.204. The van der Waals surface area contributed by atoms with Crippen molar-refractivity contribution in [2.75, 3.05) is 5.75 Å². The largest absolute Gasteiger partial charge is 1.00 e. The molecule has 0 radical (unpaired) electrons. The first kappa shape index (κ1) is 36.3. The number of carbonyl (C=O) groups excluding carboxylic acids is 1. The minimum atomic E-state index is -0.963. The number of rotatable bonds is 12. The summed E-state index contributed by atoms with van der Waals surface area (Å²) in [5.41, 5.74) is 5.03. The Hall–Kier alpha value is -2.12. The molecule has 0 bridgehead atoms. The van der Waals surface area contributed by atoms with Crippen LogP contribution < -0.4 is 34.7 Å². The van der Waals surface area contributed by atoms with Gasteiger partial charge in [0.15, 0.2) is 0 Å². The van der Waals surface area contributed by atoms with E-state index >= 15 is 0 Å². The zero-order valence-electron chi connectivity index (χ0n) is 26.5. The van der Waals surface area contributed by atoms with E-state index in [1.807, 2.05) is 94.1 Å². The van der Waals surface area contributed by atoms with Gasteiger partial charge in [0.05, 0.1) is 16.8 Å². The number of carboxylic acids is 1. The summed E-state index contributed by atoms with van der Waals surface area (Å²) in [6.45, 7) is 7.65. The molecular formula is C37H41ClNNaO3S. The second-order valence-electron chi connectivity index (χ2n) is 11.7. The summed E-state index contributed by atoms with van der Waals surface area (Å²) in [4.78, 5) is 16.1. The standard InChI is InChI=1S/C35H36ClNO3S.C2H6.Na/c1-34(2,40)30-9-4-3-7-25(30)13-17-32(41-23-35(18-19-35)22-33(38)39)27-8-5-6-24(20-27)10-15-29-16-12-26-11-14-28(36)21-31(26)37-29;1-2;/h3-12,14-16,20-21,32,40H,13,17-19,22-23H2,1-2H3,(H,38,39);1-2H3;/q;;+1/p-1/b15-10+;;/t32-;;/m1../s1. The average molecular weight is 638 g/mol. The molecule has 1 atom stereocenters. The molecule has 4 aromatic rings. The van der Waals surface area contributed by atoms with Crippen LogP contribution in [0.1, 0.15) is 86.6 Å². The molecule has 1 saturated carbocycles. The molecule has 4 nitrogen and oxygen atoms in total. The minimum absolute atomic E-state index is 0. The van der Waals surface area contributed by atoms with Crippen molar-refractivity contribution >= 4 is 52.4 Å². The number of carboxylic acid groups (broad SMARTS) is 1. The van der Waals surface area contributed by atoms with Gasteiger partial charge in [0.25, 0.3) is 0 Å². The van der Waals surface area contributed by atoms with Crippen LogP contribution >= 0.6 is 23.4 Å². The molecule has 1 aromatic heterocycles. The molecule has 1 fully saturated rings. The second-order valence-corrected chi connectivity index (χ2v) is 13.3. The number of hydrogen-bond donors (Lipinski definition) is 1. The van der Waals surface area contributed by atoms with Crippen LogP contribution in [0.15, 0.2) is 78.9 Å². The van der Waals surface area contributed by atoms with Crippen molar-refractivity contribution in [1.29, 1.82) is 0 Å². The van der Waals surface area contributed by atoms with Gasteiger partial charge in [-0.25, -0.2) is 4.98 Å². The maximum Gasteiger partial charge on any atom is 1.00 e. The predicted octanol–water partition coefficient (Wildman–Crippen LogP) is 5.64. The molecule has 0 aliphatic heterocycles. The van der Waals surface area contributed by atoms with Crippen LogP contribution in [-0.4, -0.2) is 21.8 Å². The number of aryl methyl sites for hydroxylation is 1.